The van der Waals surface area contributed by atoms with Gasteiger partial charge in [-0.2, -0.15) is 0 Å². The summed E-state index contributed by atoms with van der Waals surface area (Å²) in [6.07, 6.45) is 5.64. The summed E-state index contributed by atoms with van der Waals surface area (Å²) in [5.74, 6) is 0.955. The quantitative estimate of drug-likeness (QED) is 0.566. The van der Waals surface area contributed by atoms with Gasteiger partial charge >= 0.3 is 0 Å². The molecule has 54 valence electrons. The first-order valence-corrected chi connectivity index (χ1v) is 4.00. The SMILES string of the molecule is CN[C@H]1CCCC(C)C1. The molecule has 1 saturated carbocycles. The molecule has 0 spiro atoms. The topological polar surface area (TPSA) is 12.0 Å². The molecule has 0 bridgehead atoms. The maximum Gasteiger partial charge on any atom is 0.00666 e. The Labute approximate surface area is 57.8 Å². The van der Waals surface area contributed by atoms with E-state index < -0.39 is 0 Å². The van der Waals surface area contributed by atoms with Gasteiger partial charge in [0.2, 0.25) is 0 Å². The van der Waals surface area contributed by atoms with Crippen molar-refractivity contribution in [2.24, 2.45) is 5.92 Å². The highest BCUT2D eigenvalue weighted by molar-refractivity contribution is 4.73. The van der Waals surface area contributed by atoms with E-state index in [1.54, 1.807) is 0 Å². The van der Waals surface area contributed by atoms with Gasteiger partial charge in [0, 0.05) is 6.04 Å². The molecular weight excluding hydrogens is 110 g/mol. The van der Waals surface area contributed by atoms with Crippen LogP contribution >= 0.6 is 0 Å². The van der Waals surface area contributed by atoms with Gasteiger partial charge in [-0.05, 0) is 25.8 Å². The lowest BCUT2D eigenvalue weighted by Crippen LogP contribution is -2.30. The fourth-order valence-corrected chi connectivity index (χ4v) is 1.70. The number of rotatable bonds is 1. The Morgan fingerprint density at radius 2 is 2.11 bits per heavy atom. The van der Waals surface area contributed by atoms with E-state index in [4.69, 9.17) is 0 Å². The van der Waals surface area contributed by atoms with Gasteiger partial charge in [-0.3, -0.25) is 0 Å². The lowest BCUT2D eigenvalue weighted by Gasteiger charge is -2.25. The summed E-state index contributed by atoms with van der Waals surface area (Å²) in [4.78, 5) is 0. The van der Waals surface area contributed by atoms with Crippen molar-refractivity contribution < 1.29 is 0 Å². The Kier molecular flexibility index (Phi) is 2.52. The maximum absolute atomic E-state index is 3.33. The fourth-order valence-electron chi connectivity index (χ4n) is 1.70. The van der Waals surface area contributed by atoms with Gasteiger partial charge in [0.25, 0.3) is 0 Å². The second-order valence-electron chi connectivity index (χ2n) is 3.26. The minimum atomic E-state index is 0.814. The van der Waals surface area contributed by atoms with Crippen LogP contribution in [0.1, 0.15) is 32.6 Å². The summed E-state index contributed by atoms with van der Waals surface area (Å²) in [6.45, 7) is 2.35. The summed E-state index contributed by atoms with van der Waals surface area (Å²) < 4.78 is 0. The van der Waals surface area contributed by atoms with Crippen LogP contribution in [-0.2, 0) is 0 Å². The molecule has 2 atom stereocenters. The van der Waals surface area contributed by atoms with Crippen molar-refractivity contribution in [1.82, 2.24) is 5.32 Å². The zero-order valence-corrected chi connectivity index (χ0v) is 6.48. The molecule has 1 nitrogen and oxygen atoms in total. The Bertz CT molecular complexity index is 80.6. The summed E-state index contributed by atoms with van der Waals surface area (Å²) in [5, 5.41) is 3.33. The minimum absolute atomic E-state index is 0.814. The first kappa shape index (κ1) is 7.07. The van der Waals surface area contributed by atoms with Gasteiger partial charge in [0.05, 0.1) is 0 Å². The second kappa shape index (κ2) is 3.21. The van der Waals surface area contributed by atoms with E-state index in [-0.39, 0.29) is 0 Å². The van der Waals surface area contributed by atoms with E-state index in [1.807, 2.05) is 0 Å². The number of hydrogen-bond acceptors (Lipinski definition) is 1. The molecule has 1 rings (SSSR count). The van der Waals surface area contributed by atoms with E-state index in [0.29, 0.717) is 0 Å². The molecule has 0 aromatic rings. The Morgan fingerprint density at radius 1 is 1.33 bits per heavy atom. The van der Waals surface area contributed by atoms with Crippen molar-refractivity contribution in [3.63, 3.8) is 0 Å². The molecule has 1 fully saturated rings. The molecular formula is C8H17N. The Balaban J connectivity index is 2.23. The molecule has 1 aliphatic carbocycles. The first-order chi connectivity index (χ1) is 4.33. The standard InChI is InChI=1S/C8H17N/c1-7-4-3-5-8(6-7)9-2/h7-9H,3-6H2,1-2H3/t7?,8-/m0/s1. The molecule has 0 saturated heterocycles. The highest BCUT2D eigenvalue weighted by Crippen LogP contribution is 2.22. The van der Waals surface area contributed by atoms with Crippen LogP contribution in [0, 0.1) is 5.92 Å². The third-order valence-corrected chi connectivity index (χ3v) is 2.34. The largest absolute Gasteiger partial charge is 0.317 e. The van der Waals surface area contributed by atoms with Gasteiger partial charge in [0.1, 0.15) is 0 Å². The zero-order chi connectivity index (χ0) is 6.69. The van der Waals surface area contributed by atoms with Crippen LogP contribution in [0.4, 0.5) is 0 Å². The van der Waals surface area contributed by atoms with E-state index >= 15 is 0 Å². The van der Waals surface area contributed by atoms with Crippen molar-refractivity contribution in [2.45, 2.75) is 38.6 Å². The van der Waals surface area contributed by atoms with Gasteiger partial charge < -0.3 is 5.32 Å². The van der Waals surface area contributed by atoms with Crippen molar-refractivity contribution >= 4 is 0 Å². The normalized spacial score (nSPS) is 36.7. The van der Waals surface area contributed by atoms with Gasteiger partial charge in [-0.15, -0.1) is 0 Å². The van der Waals surface area contributed by atoms with Crippen LogP contribution in [0.3, 0.4) is 0 Å². The molecule has 1 unspecified atom stereocenters. The monoisotopic (exact) mass is 127 g/mol. The molecule has 9 heavy (non-hydrogen) atoms. The van der Waals surface area contributed by atoms with E-state index in [0.717, 1.165) is 12.0 Å². The predicted molar refractivity (Wildman–Crippen MR) is 40.5 cm³/mol. The molecule has 0 aliphatic heterocycles. The summed E-state index contributed by atoms with van der Waals surface area (Å²) in [5.41, 5.74) is 0. The first-order valence-electron chi connectivity index (χ1n) is 4.00. The Morgan fingerprint density at radius 3 is 2.56 bits per heavy atom. The summed E-state index contributed by atoms with van der Waals surface area (Å²) >= 11 is 0. The fraction of sp³-hybridized carbons (Fsp3) is 1.00. The number of nitrogens with one attached hydrogen (secondary N) is 1. The average Bonchev–Trinajstić information content (AvgIpc) is 1.88. The van der Waals surface area contributed by atoms with Crippen LogP contribution in [0.5, 0.6) is 0 Å². The van der Waals surface area contributed by atoms with Crippen LogP contribution in [0.15, 0.2) is 0 Å². The van der Waals surface area contributed by atoms with Gasteiger partial charge in [0.15, 0.2) is 0 Å². The van der Waals surface area contributed by atoms with Crippen LogP contribution in [-0.4, -0.2) is 13.1 Å². The highest BCUT2D eigenvalue weighted by atomic mass is 14.9. The molecule has 1 heteroatoms. The van der Waals surface area contributed by atoms with Gasteiger partial charge in [-0.1, -0.05) is 19.8 Å². The lowest BCUT2D eigenvalue weighted by molar-refractivity contribution is 0.314. The van der Waals surface area contributed by atoms with Crippen LogP contribution in [0.25, 0.3) is 0 Å². The molecule has 0 aromatic carbocycles. The molecule has 0 heterocycles. The smallest absolute Gasteiger partial charge is 0.00666 e. The van der Waals surface area contributed by atoms with E-state index in [9.17, 15) is 0 Å². The Hall–Kier alpha value is -0.0400. The lowest BCUT2D eigenvalue weighted by atomic mass is 9.87. The molecule has 1 N–H and O–H groups in total. The number of hydrogen-bond donors (Lipinski definition) is 1. The van der Waals surface area contributed by atoms with E-state index in [1.165, 1.54) is 25.7 Å². The van der Waals surface area contributed by atoms with Crippen molar-refractivity contribution in [3.8, 4) is 0 Å². The second-order valence-corrected chi connectivity index (χ2v) is 3.26. The summed E-state index contributed by atoms with van der Waals surface area (Å²) in [6, 6.07) is 0.814. The summed E-state index contributed by atoms with van der Waals surface area (Å²) in [7, 11) is 2.07. The van der Waals surface area contributed by atoms with Gasteiger partial charge in [-0.25, -0.2) is 0 Å². The molecule has 0 amide bonds. The van der Waals surface area contributed by atoms with Crippen LogP contribution < -0.4 is 5.32 Å². The van der Waals surface area contributed by atoms with Crippen molar-refractivity contribution in [2.75, 3.05) is 7.05 Å². The zero-order valence-electron chi connectivity index (χ0n) is 6.48. The minimum Gasteiger partial charge on any atom is -0.317 e. The van der Waals surface area contributed by atoms with Crippen molar-refractivity contribution in [1.29, 1.82) is 0 Å². The highest BCUT2D eigenvalue weighted by Gasteiger charge is 2.16. The van der Waals surface area contributed by atoms with Crippen molar-refractivity contribution in [3.05, 3.63) is 0 Å². The molecule has 0 radical (unpaired) electrons. The average molecular weight is 127 g/mol. The third-order valence-electron chi connectivity index (χ3n) is 2.34. The molecule has 0 aromatic heterocycles. The van der Waals surface area contributed by atoms with E-state index in [2.05, 4.69) is 19.3 Å². The maximum atomic E-state index is 3.33. The predicted octanol–water partition coefficient (Wildman–Crippen LogP) is 1.78. The third kappa shape index (κ3) is 1.98. The molecule has 1 aliphatic rings. The van der Waals surface area contributed by atoms with Crippen LogP contribution in [0.2, 0.25) is 0 Å².